The lowest BCUT2D eigenvalue weighted by atomic mass is 9.94. The van der Waals surface area contributed by atoms with Gasteiger partial charge in [-0.2, -0.15) is 8.42 Å². The molecular formula is C19H30N2O6S. The van der Waals surface area contributed by atoms with Crippen molar-refractivity contribution in [2.24, 2.45) is 0 Å². The average molecular weight is 415 g/mol. The summed E-state index contributed by atoms with van der Waals surface area (Å²) in [6.45, 7) is 6.04. The Kier molecular flexibility index (Phi) is 6.62. The quantitative estimate of drug-likeness (QED) is 0.677. The molecule has 0 fully saturated rings. The Labute approximate surface area is 167 Å². The summed E-state index contributed by atoms with van der Waals surface area (Å²) >= 11 is 0. The van der Waals surface area contributed by atoms with Crippen molar-refractivity contribution in [1.82, 2.24) is 10.2 Å². The monoisotopic (exact) mass is 414 g/mol. The zero-order valence-corrected chi connectivity index (χ0v) is 18.3. The molecule has 2 rings (SSSR count). The van der Waals surface area contributed by atoms with Crippen LogP contribution in [0.1, 0.15) is 32.8 Å². The number of rotatable bonds is 7. The molecule has 1 heterocycles. The lowest BCUT2D eigenvalue weighted by Crippen LogP contribution is -2.49. The Morgan fingerprint density at radius 3 is 2.39 bits per heavy atom. The first-order valence-electron chi connectivity index (χ1n) is 9.07. The van der Waals surface area contributed by atoms with Crippen molar-refractivity contribution in [1.29, 1.82) is 0 Å². The van der Waals surface area contributed by atoms with Crippen LogP contribution >= 0.6 is 0 Å². The third-order valence-corrected chi connectivity index (χ3v) is 6.59. The summed E-state index contributed by atoms with van der Waals surface area (Å²) in [7, 11) is 2.76. The summed E-state index contributed by atoms with van der Waals surface area (Å²) in [5, 5.41) is 2.87. The first-order valence-corrected chi connectivity index (χ1v) is 10.5. The molecule has 0 aliphatic carbocycles. The molecule has 0 saturated heterocycles. The first kappa shape index (κ1) is 22.4. The third-order valence-electron chi connectivity index (χ3n) is 5.18. The number of methoxy groups -OCH3 is 2. The molecule has 1 aromatic carbocycles. The van der Waals surface area contributed by atoms with E-state index in [4.69, 9.17) is 13.7 Å². The smallest absolute Gasteiger partial charge is 0.298 e. The van der Waals surface area contributed by atoms with E-state index < -0.39 is 22.1 Å². The lowest BCUT2D eigenvalue weighted by molar-refractivity contribution is -0.128. The van der Waals surface area contributed by atoms with E-state index in [2.05, 4.69) is 24.1 Å². The summed E-state index contributed by atoms with van der Waals surface area (Å²) in [5.41, 5.74) is 0.341. The second-order valence-electron chi connectivity index (χ2n) is 7.88. The predicted octanol–water partition coefficient (Wildman–Crippen LogP) is 1.57. The topological polar surface area (TPSA) is 94.2 Å². The van der Waals surface area contributed by atoms with Crippen molar-refractivity contribution >= 4 is 16.0 Å². The van der Waals surface area contributed by atoms with Gasteiger partial charge in [0.1, 0.15) is 4.90 Å². The molecule has 1 aromatic rings. The van der Waals surface area contributed by atoms with E-state index in [-0.39, 0.29) is 28.6 Å². The van der Waals surface area contributed by atoms with Crippen LogP contribution in [0.2, 0.25) is 0 Å². The predicted molar refractivity (Wildman–Crippen MR) is 105 cm³/mol. The summed E-state index contributed by atoms with van der Waals surface area (Å²) in [4.78, 5) is 14.7. The highest BCUT2D eigenvalue weighted by Gasteiger charge is 2.37. The van der Waals surface area contributed by atoms with Crippen molar-refractivity contribution in [3.8, 4) is 11.5 Å². The number of carbonyl (C=O) groups is 1. The lowest BCUT2D eigenvalue weighted by Gasteiger charge is -2.35. The van der Waals surface area contributed by atoms with Gasteiger partial charge in [-0.3, -0.25) is 8.98 Å². The van der Waals surface area contributed by atoms with Gasteiger partial charge in [0.05, 0.1) is 14.2 Å². The van der Waals surface area contributed by atoms with Crippen LogP contribution in [-0.4, -0.2) is 65.2 Å². The van der Waals surface area contributed by atoms with Crippen molar-refractivity contribution in [2.45, 2.75) is 56.2 Å². The largest absolute Gasteiger partial charge is 0.493 e. The van der Waals surface area contributed by atoms with E-state index >= 15 is 0 Å². The van der Waals surface area contributed by atoms with Crippen LogP contribution in [0.4, 0.5) is 0 Å². The standard InChI is InChI=1S/C19H30N2O6S/c1-12(11-19(2,3)21(4)5)20-18(22)16-9-13-8-14(25-6)15(26-7)10-17(13)28(23,24)27-16/h8,10,12,16H,9,11H2,1-7H3,(H,20,22)/t12-,16-/m0/s1. The molecule has 158 valence electrons. The molecule has 0 radical (unpaired) electrons. The van der Waals surface area contributed by atoms with Gasteiger partial charge in [-0.25, -0.2) is 0 Å². The molecule has 1 aliphatic heterocycles. The molecule has 0 bridgehead atoms. The van der Waals surface area contributed by atoms with E-state index in [9.17, 15) is 13.2 Å². The molecule has 0 aromatic heterocycles. The molecule has 1 N–H and O–H groups in total. The molecule has 2 atom stereocenters. The summed E-state index contributed by atoms with van der Waals surface area (Å²) < 4.78 is 40.7. The van der Waals surface area contributed by atoms with Gasteiger partial charge in [0.2, 0.25) is 0 Å². The Morgan fingerprint density at radius 1 is 1.29 bits per heavy atom. The molecule has 0 saturated carbocycles. The fraction of sp³-hybridized carbons (Fsp3) is 0.632. The van der Waals surface area contributed by atoms with Crippen LogP contribution < -0.4 is 14.8 Å². The number of nitrogens with zero attached hydrogens (tertiary/aromatic N) is 1. The van der Waals surface area contributed by atoms with Crippen LogP contribution in [0.3, 0.4) is 0 Å². The number of hydrogen-bond donors (Lipinski definition) is 1. The van der Waals surface area contributed by atoms with Gasteiger partial charge in [-0.15, -0.1) is 0 Å². The van der Waals surface area contributed by atoms with Crippen molar-refractivity contribution < 1.29 is 26.9 Å². The van der Waals surface area contributed by atoms with Crippen LogP contribution in [0.25, 0.3) is 0 Å². The average Bonchev–Trinajstić information content (AvgIpc) is 2.59. The summed E-state index contributed by atoms with van der Waals surface area (Å²) in [5.74, 6) is 0.237. The number of amides is 1. The van der Waals surface area contributed by atoms with E-state index in [1.54, 1.807) is 6.07 Å². The van der Waals surface area contributed by atoms with Gasteiger partial charge in [0.15, 0.2) is 17.6 Å². The van der Waals surface area contributed by atoms with Crippen molar-refractivity contribution in [2.75, 3.05) is 28.3 Å². The van der Waals surface area contributed by atoms with Crippen LogP contribution in [-0.2, 0) is 25.5 Å². The maximum absolute atomic E-state index is 12.7. The van der Waals surface area contributed by atoms with Crippen LogP contribution in [0, 0.1) is 0 Å². The second kappa shape index (κ2) is 8.26. The highest BCUT2D eigenvalue weighted by molar-refractivity contribution is 7.87. The Hall–Kier alpha value is -1.84. The Balaban J connectivity index is 2.20. The molecule has 8 nitrogen and oxygen atoms in total. The summed E-state index contributed by atoms with van der Waals surface area (Å²) in [6.07, 6.45) is -0.294. The van der Waals surface area contributed by atoms with Gasteiger partial charge in [-0.1, -0.05) is 0 Å². The van der Waals surface area contributed by atoms with Gasteiger partial charge in [0, 0.05) is 24.1 Å². The van der Waals surface area contributed by atoms with E-state index in [0.717, 1.165) is 0 Å². The zero-order valence-electron chi connectivity index (χ0n) is 17.5. The molecule has 1 aliphatic rings. The van der Waals surface area contributed by atoms with Gasteiger partial charge in [0.25, 0.3) is 16.0 Å². The minimum absolute atomic E-state index is 0.00371. The number of hydrogen-bond acceptors (Lipinski definition) is 7. The van der Waals surface area contributed by atoms with Gasteiger partial charge < -0.3 is 19.7 Å². The van der Waals surface area contributed by atoms with Crippen LogP contribution in [0.5, 0.6) is 11.5 Å². The maximum Gasteiger partial charge on any atom is 0.298 e. The summed E-state index contributed by atoms with van der Waals surface area (Å²) in [6, 6.07) is 2.79. The second-order valence-corrected chi connectivity index (χ2v) is 9.42. The Bertz CT molecular complexity index is 835. The third kappa shape index (κ3) is 4.76. The van der Waals surface area contributed by atoms with E-state index in [1.165, 1.54) is 20.3 Å². The zero-order chi connectivity index (χ0) is 21.3. The Morgan fingerprint density at radius 2 is 1.86 bits per heavy atom. The number of nitrogens with one attached hydrogen (secondary N) is 1. The van der Waals surface area contributed by atoms with Gasteiger partial charge >= 0.3 is 0 Å². The molecule has 9 heteroatoms. The SMILES string of the molecule is COc1cc2c(cc1OC)S(=O)(=O)O[C@H](C(=O)N[C@@H](C)CC(C)(C)N(C)C)C2. The number of fused-ring (bicyclic) bond motifs is 1. The van der Waals surface area contributed by atoms with Gasteiger partial charge in [-0.05, 0) is 52.9 Å². The molecule has 28 heavy (non-hydrogen) atoms. The molecule has 0 unspecified atom stereocenters. The van der Waals surface area contributed by atoms with E-state index in [0.29, 0.717) is 17.7 Å². The number of benzene rings is 1. The minimum Gasteiger partial charge on any atom is -0.493 e. The first-order chi connectivity index (χ1) is 12.9. The van der Waals surface area contributed by atoms with Crippen LogP contribution in [0.15, 0.2) is 17.0 Å². The number of ether oxygens (including phenoxy) is 2. The van der Waals surface area contributed by atoms with Crippen molar-refractivity contribution in [3.63, 3.8) is 0 Å². The normalized spacial score (nSPS) is 19.6. The highest BCUT2D eigenvalue weighted by Crippen LogP contribution is 2.37. The molecule has 0 spiro atoms. The maximum atomic E-state index is 12.7. The van der Waals surface area contributed by atoms with E-state index in [1.807, 2.05) is 21.0 Å². The fourth-order valence-electron chi connectivity index (χ4n) is 3.19. The molecule has 1 amide bonds. The minimum atomic E-state index is -4.08. The highest BCUT2D eigenvalue weighted by atomic mass is 32.2. The molecular weight excluding hydrogens is 384 g/mol. The van der Waals surface area contributed by atoms with Crippen molar-refractivity contribution in [3.05, 3.63) is 17.7 Å². The fourth-order valence-corrected chi connectivity index (χ4v) is 4.47. The number of carbonyl (C=O) groups excluding carboxylic acids is 1.